The zero-order chi connectivity index (χ0) is 13.7. The van der Waals surface area contributed by atoms with Crippen LogP contribution in [0.25, 0.3) is 12.2 Å². The lowest BCUT2D eigenvalue weighted by molar-refractivity contribution is -0.116. The summed E-state index contributed by atoms with van der Waals surface area (Å²) in [5.74, 6) is -0.521. The SMILES string of the molecule is CC(=O)N([O-])c1ccc(/C=C/c2ccccc2)cc1. The molecule has 0 aliphatic rings. The van der Waals surface area contributed by atoms with Crippen LogP contribution >= 0.6 is 0 Å². The fourth-order valence-electron chi connectivity index (χ4n) is 1.66. The van der Waals surface area contributed by atoms with Gasteiger partial charge in [-0.1, -0.05) is 54.6 Å². The van der Waals surface area contributed by atoms with Crippen LogP contribution in [0.5, 0.6) is 0 Å². The van der Waals surface area contributed by atoms with Gasteiger partial charge in [0.15, 0.2) is 0 Å². The maximum Gasteiger partial charge on any atom is 0.213 e. The average Bonchev–Trinajstić information content (AvgIpc) is 2.46. The van der Waals surface area contributed by atoms with Gasteiger partial charge in [-0.15, -0.1) is 0 Å². The topological polar surface area (TPSA) is 43.4 Å². The summed E-state index contributed by atoms with van der Waals surface area (Å²) in [5.41, 5.74) is 2.44. The third-order valence-electron chi connectivity index (χ3n) is 2.68. The van der Waals surface area contributed by atoms with E-state index < -0.39 is 5.91 Å². The first kappa shape index (κ1) is 13.1. The quantitative estimate of drug-likeness (QED) is 0.617. The second-order valence-corrected chi connectivity index (χ2v) is 4.15. The Bertz CT molecular complexity index is 573. The molecule has 0 spiro atoms. The van der Waals surface area contributed by atoms with E-state index in [1.807, 2.05) is 54.6 Å². The number of carbonyl (C=O) groups is 1. The second-order valence-electron chi connectivity index (χ2n) is 4.15. The van der Waals surface area contributed by atoms with E-state index >= 15 is 0 Å². The fraction of sp³-hybridized carbons (Fsp3) is 0.0625. The number of rotatable bonds is 3. The molecule has 3 heteroatoms. The number of benzene rings is 2. The molecule has 0 heterocycles. The fourth-order valence-corrected chi connectivity index (χ4v) is 1.66. The van der Waals surface area contributed by atoms with Gasteiger partial charge in [0.2, 0.25) is 5.91 Å². The van der Waals surface area contributed by atoms with Gasteiger partial charge in [-0.2, -0.15) is 0 Å². The van der Waals surface area contributed by atoms with Gasteiger partial charge in [0, 0.05) is 12.6 Å². The smallest absolute Gasteiger partial charge is 0.213 e. The molecule has 96 valence electrons. The molecule has 0 aliphatic heterocycles. The third kappa shape index (κ3) is 3.53. The highest BCUT2D eigenvalue weighted by Crippen LogP contribution is 2.16. The molecule has 3 nitrogen and oxygen atoms in total. The first-order chi connectivity index (χ1) is 9.16. The van der Waals surface area contributed by atoms with Crippen molar-refractivity contribution in [2.75, 3.05) is 5.06 Å². The first-order valence-electron chi connectivity index (χ1n) is 5.98. The van der Waals surface area contributed by atoms with E-state index in [9.17, 15) is 10.0 Å². The lowest BCUT2D eigenvalue weighted by atomic mass is 10.1. The Morgan fingerprint density at radius 1 is 0.947 bits per heavy atom. The highest BCUT2D eigenvalue weighted by Gasteiger charge is 1.98. The first-order valence-corrected chi connectivity index (χ1v) is 5.98. The Balaban J connectivity index is 2.11. The molecule has 0 aliphatic carbocycles. The van der Waals surface area contributed by atoms with Crippen LogP contribution in [0.3, 0.4) is 0 Å². The molecule has 0 fully saturated rings. The van der Waals surface area contributed by atoms with Crippen LogP contribution in [0, 0.1) is 5.21 Å². The zero-order valence-corrected chi connectivity index (χ0v) is 10.6. The number of hydroxylamine groups is 1. The summed E-state index contributed by atoms with van der Waals surface area (Å²) in [6, 6.07) is 16.8. The van der Waals surface area contributed by atoms with Gasteiger partial charge in [0.1, 0.15) is 0 Å². The summed E-state index contributed by atoms with van der Waals surface area (Å²) in [6.07, 6.45) is 3.96. The molecule has 2 aromatic carbocycles. The van der Waals surface area contributed by atoms with Crippen LogP contribution in [0.2, 0.25) is 0 Å². The van der Waals surface area contributed by atoms with Crippen LogP contribution < -0.4 is 5.06 Å². The van der Waals surface area contributed by atoms with Crippen molar-refractivity contribution in [3.63, 3.8) is 0 Å². The van der Waals surface area contributed by atoms with E-state index in [2.05, 4.69) is 0 Å². The summed E-state index contributed by atoms with van der Waals surface area (Å²) in [5, 5.41) is 11.8. The molecule has 0 saturated carbocycles. The van der Waals surface area contributed by atoms with Crippen molar-refractivity contribution in [3.05, 3.63) is 70.9 Å². The van der Waals surface area contributed by atoms with Gasteiger partial charge < -0.3 is 10.3 Å². The van der Waals surface area contributed by atoms with Crippen molar-refractivity contribution >= 4 is 23.7 Å². The van der Waals surface area contributed by atoms with Crippen LogP contribution in [0.1, 0.15) is 18.1 Å². The maximum atomic E-state index is 11.4. The number of carbonyl (C=O) groups excluding carboxylic acids is 1. The van der Waals surface area contributed by atoms with Crippen molar-refractivity contribution < 1.29 is 4.79 Å². The highest BCUT2D eigenvalue weighted by atomic mass is 16.5. The Kier molecular flexibility index (Phi) is 4.11. The van der Waals surface area contributed by atoms with Gasteiger partial charge in [-0.05, 0) is 23.3 Å². The summed E-state index contributed by atoms with van der Waals surface area (Å²) in [4.78, 5) is 10.9. The number of hydrogen-bond acceptors (Lipinski definition) is 2. The largest absolute Gasteiger partial charge is 0.752 e. The average molecular weight is 252 g/mol. The van der Waals surface area contributed by atoms with E-state index in [0.717, 1.165) is 11.1 Å². The lowest BCUT2D eigenvalue weighted by Crippen LogP contribution is -2.20. The van der Waals surface area contributed by atoms with Crippen molar-refractivity contribution in [1.29, 1.82) is 0 Å². The molecular weight excluding hydrogens is 238 g/mol. The Morgan fingerprint density at radius 3 is 2.00 bits per heavy atom. The minimum absolute atomic E-state index is 0.351. The predicted octanol–water partition coefficient (Wildman–Crippen LogP) is 3.71. The molecule has 0 atom stereocenters. The molecule has 2 rings (SSSR count). The van der Waals surface area contributed by atoms with E-state index in [-0.39, 0.29) is 0 Å². The van der Waals surface area contributed by atoms with Crippen molar-refractivity contribution in [1.82, 2.24) is 0 Å². The molecule has 1 amide bonds. The normalized spacial score (nSPS) is 10.6. The zero-order valence-electron chi connectivity index (χ0n) is 10.6. The van der Waals surface area contributed by atoms with Gasteiger partial charge >= 0.3 is 0 Å². The summed E-state index contributed by atoms with van der Waals surface area (Å²) >= 11 is 0. The van der Waals surface area contributed by atoms with Gasteiger partial charge in [0.25, 0.3) is 0 Å². The molecule has 19 heavy (non-hydrogen) atoms. The molecule has 0 saturated heterocycles. The second kappa shape index (κ2) is 5.98. The van der Waals surface area contributed by atoms with Crippen molar-refractivity contribution in [2.24, 2.45) is 0 Å². The molecule has 0 unspecified atom stereocenters. The van der Waals surface area contributed by atoms with Crippen molar-refractivity contribution in [2.45, 2.75) is 6.92 Å². The molecule has 2 aromatic rings. The van der Waals surface area contributed by atoms with Gasteiger partial charge in [-0.3, -0.25) is 4.79 Å². The van der Waals surface area contributed by atoms with E-state index in [0.29, 0.717) is 10.8 Å². The molecule has 0 radical (unpaired) electrons. The Hall–Kier alpha value is -2.39. The summed E-state index contributed by atoms with van der Waals surface area (Å²) in [7, 11) is 0. The van der Waals surface area contributed by atoms with E-state index in [1.54, 1.807) is 12.1 Å². The van der Waals surface area contributed by atoms with E-state index in [1.165, 1.54) is 6.92 Å². The van der Waals surface area contributed by atoms with Crippen molar-refractivity contribution in [3.8, 4) is 0 Å². The molecule has 0 aromatic heterocycles. The predicted molar refractivity (Wildman–Crippen MR) is 78.3 cm³/mol. The summed E-state index contributed by atoms with van der Waals surface area (Å²) < 4.78 is 0. The van der Waals surface area contributed by atoms with Crippen LogP contribution in [-0.4, -0.2) is 5.91 Å². The number of nitrogens with zero attached hydrogens (tertiary/aromatic N) is 1. The Labute approximate surface area is 112 Å². The standard InChI is InChI=1S/C16H14NO2/c1-13(18)17(19)16-11-9-15(10-12-16)8-7-14-5-3-2-4-6-14/h2-12H,1H3/q-1/b8-7+. The lowest BCUT2D eigenvalue weighted by Gasteiger charge is -2.26. The third-order valence-corrected chi connectivity index (χ3v) is 2.68. The maximum absolute atomic E-state index is 11.4. The number of hydrogen-bond donors (Lipinski definition) is 0. The highest BCUT2D eigenvalue weighted by molar-refractivity contribution is 5.92. The monoisotopic (exact) mass is 252 g/mol. The molecule has 0 N–H and O–H groups in total. The van der Waals surface area contributed by atoms with Crippen LogP contribution in [0.15, 0.2) is 54.6 Å². The molecular formula is C16H14NO2-. The minimum Gasteiger partial charge on any atom is -0.752 e. The summed E-state index contributed by atoms with van der Waals surface area (Å²) in [6.45, 7) is 1.25. The minimum atomic E-state index is -0.521. The number of amides is 1. The van der Waals surface area contributed by atoms with Crippen LogP contribution in [-0.2, 0) is 4.79 Å². The molecule has 0 bridgehead atoms. The van der Waals surface area contributed by atoms with Gasteiger partial charge in [0.05, 0.1) is 0 Å². The van der Waals surface area contributed by atoms with Crippen LogP contribution in [0.4, 0.5) is 5.69 Å². The van der Waals surface area contributed by atoms with Gasteiger partial charge in [-0.25, -0.2) is 0 Å². The van der Waals surface area contributed by atoms with E-state index in [4.69, 9.17) is 0 Å². The Morgan fingerprint density at radius 2 is 1.47 bits per heavy atom. The number of anilines is 1.